The van der Waals surface area contributed by atoms with Crippen molar-refractivity contribution < 1.29 is 0 Å². The standard InChI is InChI=1S/C14H18N4/c1-10-16-17-14(18(10)2)9-15-13-7-11-5-3-4-6-12(11)8-13/h3-6,13,15H,7-9H2,1-2H3. The largest absolute Gasteiger partial charge is 0.317 e. The molecule has 1 aromatic carbocycles. The van der Waals surface area contributed by atoms with Gasteiger partial charge in [0.2, 0.25) is 0 Å². The van der Waals surface area contributed by atoms with E-state index in [1.807, 2.05) is 18.5 Å². The van der Waals surface area contributed by atoms with E-state index in [-0.39, 0.29) is 0 Å². The number of rotatable bonds is 3. The van der Waals surface area contributed by atoms with E-state index in [2.05, 4.69) is 39.8 Å². The summed E-state index contributed by atoms with van der Waals surface area (Å²) in [6.45, 7) is 2.76. The minimum Gasteiger partial charge on any atom is -0.317 e. The molecule has 4 nitrogen and oxygen atoms in total. The molecule has 0 radical (unpaired) electrons. The van der Waals surface area contributed by atoms with Crippen LogP contribution in [0.4, 0.5) is 0 Å². The fourth-order valence-electron chi connectivity index (χ4n) is 2.54. The lowest BCUT2D eigenvalue weighted by Gasteiger charge is -2.11. The van der Waals surface area contributed by atoms with Crippen molar-refractivity contribution in [2.45, 2.75) is 32.4 Å². The molecule has 0 spiro atoms. The highest BCUT2D eigenvalue weighted by molar-refractivity contribution is 5.33. The van der Waals surface area contributed by atoms with Gasteiger partial charge in [0.15, 0.2) is 0 Å². The second kappa shape index (κ2) is 4.53. The minimum absolute atomic E-state index is 0.527. The molecule has 4 heteroatoms. The lowest BCUT2D eigenvalue weighted by Crippen LogP contribution is -2.30. The van der Waals surface area contributed by atoms with Crippen LogP contribution in [0.25, 0.3) is 0 Å². The molecule has 94 valence electrons. The molecule has 18 heavy (non-hydrogen) atoms. The summed E-state index contributed by atoms with van der Waals surface area (Å²) in [4.78, 5) is 0. The zero-order valence-electron chi connectivity index (χ0n) is 10.8. The van der Waals surface area contributed by atoms with Gasteiger partial charge in [-0.15, -0.1) is 10.2 Å². The summed E-state index contributed by atoms with van der Waals surface area (Å²) < 4.78 is 2.04. The summed E-state index contributed by atoms with van der Waals surface area (Å²) in [6, 6.07) is 9.22. The van der Waals surface area contributed by atoms with Crippen LogP contribution in [-0.2, 0) is 26.4 Å². The zero-order chi connectivity index (χ0) is 12.5. The van der Waals surface area contributed by atoms with Crippen molar-refractivity contribution in [1.82, 2.24) is 20.1 Å². The van der Waals surface area contributed by atoms with Crippen molar-refractivity contribution in [1.29, 1.82) is 0 Å². The Morgan fingerprint density at radius 3 is 2.44 bits per heavy atom. The van der Waals surface area contributed by atoms with E-state index in [0.29, 0.717) is 6.04 Å². The van der Waals surface area contributed by atoms with Gasteiger partial charge in [0, 0.05) is 13.1 Å². The van der Waals surface area contributed by atoms with Crippen LogP contribution in [0.3, 0.4) is 0 Å². The van der Waals surface area contributed by atoms with E-state index >= 15 is 0 Å². The number of nitrogens with one attached hydrogen (secondary N) is 1. The van der Waals surface area contributed by atoms with Crippen LogP contribution < -0.4 is 5.32 Å². The third kappa shape index (κ3) is 2.04. The van der Waals surface area contributed by atoms with Crippen molar-refractivity contribution in [3.8, 4) is 0 Å². The average molecular weight is 242 g/mol. The Balaban J connectivity index is 1.62. The van der Waals surface area contributed by atoms with Crippen molar-refractivity contribution >= 4 is 0 Å². The van der Waals surface area contributed by atoms with Gasteiger partial charge >= 0.3 is 0 Å². The predicted octanol–water partition coefficient (Wildman–Crippen LogP) is 1.38. The quantitative estimate of drug-likeness (QED) is 0.884. The molecule has 0 bridgehead atoms. The van der Waals surface area contributed by atoms with Gasteiger partial charge in [-0.05, 0) is 30.9 Å². The zero-order valence-corrected chi connectivity index (χ0v) is 10.8. The van der Waals surface area contributed by atoms with Crippen molar-refractivity contribution in [3.63, 3.8) is 0 Å². The van der Waals surface area contributed by atoms with E-state index < -0.39 is 0 Å². The molecular weight excluding hydrogens is 224 g/mol. The molecule has 0 saturated heterocycles. The fraction of sp³-hybridized carbons (Fsp3) is 0.429. The van der Waals surface area contributed by atoms with Crippen molar-refractivity contribution in [2.75, 3.05) is 0 Å². The van der Waals surface area contributed by atoms with Crippen LogP contribution in [0.5, 0.6) is 0 Å². The number of nitrogens with zero attached hydrogens (tertiary/aromatic N) is 3. The summed E-state index contributed by atoms with van der Waals surface area (Å²) >= 11 is 0. The van der Waals surface area contributed by atoms with Crippen LogP contribution in [0.2, 0.25) is 0 Å². The number of benzene rings is 1. The molecule has 0 saturated carbocycles. The highest BCUT2D eigenvalue weighted by Crippen LogP contribution is 2.21. The highest BCUT2D eigenvalue weighted by atomic mass is 15.3. The van der Waals surface area contributed by atoms with Crippen LogP contribution >= 0.6 is 0 Å². The Bertz CT molecular complexity index is 534. The molecule has 0 unspecified atom stereocenters. The SMILES string of the molecule is Cc1nnc(CNC2Cc3ccccc3C2)n1C. The lowest BCUT2D eigenvalue weighted by molar-refractivity contribution is 0.513. The molecule has 1 heterocycles. The Kier molecular flexibility index (Phi) is 2.88. The lowest BCUT2D eigenvalue weighted by atomic mass is 10.1. The first-order chi connectivity index (χ1) is 8.74. The summed E-state index contributed by atoms with van der Waals surface area (Å²) in [5.41, 5.74) is 2.95. The number of aromatic nitrogens is 3. The van der Waals surface area contributed by atoms with Crippen LogP contribution in [0, 0.1) is 6.92 Å². The molecular formula is C14H18N4. The molecule has 0 fully saturated rings. The van der Waals surface area contributed by atoms with E-state index in [9.17, 15) is 0 Å². The Morgan fingerprint density at radius 2 is 1.89 bits per heavy atom. The predicted molar refractivity (Wildman–Crippen MR) is 70.2 cm³/mol. The van der Waals surface area contributed by atoms with Crippen molar-refractivity contribution in [2.24, 2.45) is 7.05 Å². The van der Waals surface area contributed by atoms with Crippen LogP contribution in [0.15, 0.2) is 24.3 Å². The van der Waals surface area contributed by atoms with E-state index in [1.165, 1.54) is 11.1 Å². The molecule has 0 amide bonds. The van der Waals surface area contributed by atoms with Gasteiger partial charge in [0.05, 0.1) is 6.54 Å². The monoisotopic (exact) mass is 242 g/mol. The Hall–Kier alpha value is -1.68. The maximum absolute atomic E-state index is 4.18. The maximum Gasteiger partial charge on any atom is 0.146 e. The minimum atomic E-state index is 0.527. The summed E-state index contributed by atoms with van der Waals surface area (Å²) in [6.07, 6.45) is 2.24. The van der Waals surface area contributed by atoms with Gasteiger partial charge in [0.25, 0.3) is 0 Å². The van der Waals surface area contributed by atoms with Crippen LogP contribution in [-0.4, -0.2) is 20.8 Å². The second-order valence-electron chi connectivity index (χ2n) is 4.98. The van der Waals surface area contributed by atoms with Gasteiger partial charge in [-0.1, -0.05) is 24.3 Å². The topological polar surface area (TPSA) is 42.7 Å². The first kappa shape index (κ1) is 11.4. The van der Waals surface area contributed by atoms with Gasteiger partial charge in [-0.2, -0.15) is 0 Å². The molecule has 1 aromatic heterocycles. The van der Waals surface area contributed by atoms with Gasteiger partial charge in [0.1, 0.15) is 11.6 Å². The molecule has 1 aliphatic rings. The van der Waals surface area contributed by atoms with Gasteiger partial charge in [-0.25, -0.2) is 0 Å². The van der Waals surface area contributed by atoms with E-state index in [4.69, 9.17) is 0 Å². The smallest absolute Gasteiger partial charge is 0.146 e. The third-order valence-corrected chi connectivity index (χ3v) is 3.78. The highest BCUT2D eigenvalue weighted by Gasteiger charge is 2.20. The van der Waals surface area contributed by atoms with E-state index in [0.717, 1.165) is 31.0 Å². The first-order valence-electron chi connectivity index (χ1n) is 6.39. The van der Waals surface area contributed by atoms with Crippen LogP contribution in [0.1, 0.15) is 22.8 Å². The fourth-order valence-corrected chi connectivity index (χ4v) is 2.54. The number of hydrogen-bond donors (Lipinski definition) is 1. The second-order valence-corrected chi connectivity index (χ2v) is 4.98. The molecule has 2 aromatic rings. The molecule has 0 atom stereocenters. The van der Waals surface area contributed by atoms with Gasteiger partial charge < -0.3 is 9.88 Å². The number of hydrogen-bond acceptors (Lipinski definition) is 3. The normalized spacial score (nSPS) is 15.0. The maximum atomic E-state index is 4.18. The molecule has 0 aliphatic heterocycles. The summed E-state index contributed by atoms with van der Waals surface area (Å²) in [5, 5.41) is 11.8. The molecule has 3 rings (SSSR count). The molecule has 1 N–H and O–H groups in total. The summed E-state index contributed by atoms with van der Waals surface area (Å²) in [5.74, 6) is 1.96. The van der Waals surface area contributed by atoms with Gasteiger partial charge in [-0.3, -0.25) is 0 Å². The number of aryl methyl sites for hydroxylation is 1. The molecule has 1 aliphatic carbocycles. The van der Waals surface area contributed by atoms with Crippen molar-refractivity contribution in [3.05, 3.63) is 47.0 Å². The number of fused-ring (bicyclic) bond motifs is 1. The third-order valence-electron chi connectivity index (χ3n) is 3.78. The summed E-state index contributed by atoms with van der Waals surface area (Å²) in [7, 11) is 2.01. The Morgan fingerprint density at radius 1 is 1.22 bits per heavy atom. The van der Waals surface area contributed by atoms with E-state index in [1.54, 1.807) is 0 Å². The first-order valence-corrected chi connectivity index (χ1v) is 6.39. The average Bonchev–Trinajstić information content (AvgIpc) is 2.92. The Labute approximate surface area is 107 Å².